The Balaban J connectivity index is 2.28. The van der Waals surface area contributed by atoms with Gasteiger partial charge in [-0.25, -0.2) is 8.78 Å². The molecule has 0 aliphatic carbocycles. The molecule has 5 heteroatoms. The third kappa shape index (κ3) is 3.57. The Morgan fingerprint density at radius 1 is 1.20 bits per heavy atom. The van der Waals surface area contributed by atoms with Crippen LogP contribution in [0.25, 0.3) is 0 Å². The number of benzene rings is 2. The Bertz CT molecular complexity index is 619. The standard InChI is InChI=1S/C15H13BrClF2N/c1-20-15(12-5-4-11(18)8-13(12)16)6-9-2-3-10(17)7-14(9)19/h2-5,7-8,15,20H,6H2,1H3. The lowest BCUT2D eigenvalue weighted by atomic mass is 9.98. The van der Waals surface area contributed by atoms with E-state index >= 15 is 0 Å². The lowest BCUT2D eigenvalue weighted by Crippen LogP contribution is -2.20. The van der Waals surface area contributed by atoms with E-state index in [0.717, 1.165) is 5.56 Å². The van der Waals surface area contributed by atoms with Gasteiger partial charge in [-0.2, -0.15) is 0 Å². The summed E-state index contributed by atoms with van der Waals surface area (Å²) in [5.41, 5.74) is 1.44. The van der Waals surface area contributed by atoms with E-state index in [1.807, 2.05) is 0 Å². The number of nitrogens with one attached hydrogen (secondary N) is 1. The van der Waals surface area contributed by atoms with Crippen LogP contribution in [0.1, 0.15) is 17.2 Å². The summed E-state index contributed by atoms with van der Waals surface area (Å²) < 4.78 is 27.6. The quantitative estimate of drug-likeness (QED) is 0.819. The maximum absolute atomic E-state index is 13.8. The van der Waals surface area contributed by atoms with Crippen LogP contribution in [0.3, 0.4) is 0 Å². The molecule has 2 rings (SSSR count). The summed E-state index contributed by atoms with van der Waals surface area (Å²) in [6.45, 7) is 0. The number of halogens is 4. The zero-order valence-corrected chi connectivity index (χ0v) is 13.1. The van der Waals surface area contributed by atoms with Gasteiger partial charge >= 0.3 is 0 Å². The molecule has 1 atom stereocenters. The van der Waals surface area contributed by atoms with Crippen molar-refractivity contribution in [3.8, 4) is 0 Å². The minimum absolute atomic E-state index is 0.124. The first kappa shape index (κ1) is 15.4. The summed E-state index contributed by atoms with van der Waals surface area (Å²) in [6.07, 6.45) is 0.448. The van der Waals surface area contributed by atoms with Crippen LogP contribution in [0.4, 0.5) is 8.78 Å². The average Bonchev–Trinajstić information content (AvgIpc) is 2.39. The van der Waals surface area contributed by atoms with Crippen LogP contribution in [0.15, 0.2) is 40.9 Å². The number of hydrogen-bond acceptors (Lipinski definition) is 1. The fourth-order valence-electron chi connectivity index (χ4n) is 2.06. The molecule has 0 aliphatic rings. The maximum Gasteiger partial charge on any atom is 0.127 e. The zero-order valence-electron chi connectivity index (χ0n) is 10.8. The molecule has 0 fully saturated rings. The van der Waals surface area contributed by atoms with Gasteiger partial charge in [0.25, 0.3) is 0 Å². The molecular weight excluding hydrogens is 348 g/mol. The van der Waals surface area contributed by atoms with Crippen LogP contribution in [-0.2, 0) is 6.42 Å². The Kier molecular flexibility index (Phi) is 5.13. The molecule has 0 radical (unpaired) electrons. The SMILES string of the molecule is CNC(Cc1ccc(Cl)cc1F)c1ccc(F)cc1Br. The van der Waals surface area contributed by atoms with E-state index in [2.05, 4.69) is 21.2 Å². The van der Waals surface area contributed by atoms with Gasteiger partial charge in [0.1, 0.15) is 11.6 Å². The molecule has 0 heterocycles. The van der Waals surface area contributed by atoms with Crippen molar-refractivity contribution in [2.45, 2.75) is 12.5 Å². The first-order valence-corrected chi connectivity index (χ1v) is 7.24. The lowest BCUT2D eigenvalue weighted by Gasteiger charge is -2.19. The molecule has 1 nitrogen and oxygen atoms in total. The number of hydrogen-bond donors (Lipinski definition) is 1. The topological polar surface area (TPSA) is 12.0 Å². The maximum atomic E-state index is 13.8. The van der Waals surface area contributed by atoms with Crippen molar-refractivity contribution in [3.05, 3.63) is 68.7 Å². The number of likely N-dealkylation sites (N-methyl/N-ethyl adjacent to an activating group) is 1. The lowest BCUT2D eigenvalue weighted by molar-refractivity contribution is 0.551. The van der Waals surface area contributed by atoms with Gasteiger partial charge < -0.3 is 5.32 Å². The van der Waals surface area contributed by atoms with Crippen LogP contribution in [0.2, 0.25) is 5.02 Å². The summed E-state index contributed by atoms with van der Waals surface area (Å²) in [4.78, 5) is 0. The van der Waals surface area contributed by atoms with E-state index in [0.29, 0.717) is 21.5 Å². The van der Waals surface area contributed by atoms with Crippen LogP contribution < -0.4 is 5.32 Å². The van der Waals surface area contributed by atoms with Gasteiger partial charge in [-0.1, -0.05) is 39.7 Å². The van der Waals surface area contributed by atoms with E-state index in [4.69, 9.17) is 11.6 Å². The Morgan fingerprint density at radius 2 is 1.95 bits per heavy atom. The third-order valence-electron chi connectivity index (χ3n) is 3.13. The Hall–Kier alpha value is -0.970. The summed E-state index contributed by atoms with van der Waals surface area (Å²) in [5, 5.41) is 3.49. The first-order valence-electron chi connectivity index (χ1n) is 6.07. The number of rotatable bonds is 4. The summed E-state index contributed by atoms with van der Waals surface area (Å²) in [5.74, 6) is -0.649. The molecule has 2 aromatic rings. The van der Waals surface area contributed by atoms with Crippen molar-refractivity contribution in [1.29, 1.82) is 0 Å². The second-order valence-corrected chi connectivity index (χ2v) is 5.74. The van der Waals surface area contributed by atoms with E-state index in [1.165, 1.54) is 18.2 Å². The second kappa shape index (κ2) is 6.66. The molecule has 20 heavy (non-hydrogen) atoms. The van der Waals surface area contributed by atoms with Gasteiger partial charge in [0.05, 0.1) is 0 Å². The van der Waals surface area contributed by atoms with Gasteiger partial charge in [0, 0.05) is 15.5 Å². The van der Waals surface area contributed by atoms with Crippen LogP contribution >= 0.6 is 27.5 Å². The molecular formula is C15H13BrClF2N. The summed E-state index contributed by atoms with van der Waals surface area (Å²) >= 11 is 9.08. The molecule has 0 aromatic heterocycles. The smallest absolute Gasteiger partial charge is 0.127 e. The minimum atomic E-state index is -0.337. The molecule has 106 valence electrons. The third-order valence-corrected chi connectivity index (χ3v) is 4.05. The Morgan fingerprint density at radius 3 is 2.55 bits per heavy atom. The van der Waals surface area contributed by atoms with Crippen molar-refractivity contribution >= 4 is 27.5 Å². The minimum Gasteiger partial charge on any atom is -0.313 e. The summed E-state index contributed by atoms with van der Waals surface area (Å²) in [7, 11) is 1.79. The normalized spacial score (nSPS) is 12.4. The zero-order chi connectivity index (χ0) is 14.7. The van der Waals surface area contributed by atoms with Gasteiger partial charge in [0.2, 0.25) is 0 Å². The molecule has 0 bridgehead atoms. The molecule has 0 spiro atoms. The van der Waals surface area contributed by atoms with E-state index in [-0.39, 0.29) is 17.7 Å². The molecule has 0 saturated carbocycles. The van der Waals surface area contributed by atoms with Gasteiger partial charge in [-0.05, 0) is 48.9 Å². The van der Waals surface area contributed by atoms with Gasteiger partial charge in [-0.15, -0.1) is 0 Å². The summed E-state index contributed by atoms with van der Waals surface area (Å²) in [6, 6.07) is 8.98. The van der Waals surface area contributed by atoms with Crippen molar-refractivity contribution in [2.75, 3.05) is 7.05 Å². The van der Waals surface area contributed by atoms with Gasteiger partial charge in [-0.3, -0.25) is 0 Å². The predicted molar refractivity (Wildman–Crippen MR) is 81.0 cm³/mol. The van der Waals surface area contributed by atoms with Crippen molar-refractivity contribution in [1.82, 2.24) is 5.32 Å². The molecule has 0 amide bonds. The largest absolute Gasteiger partial charge is 0.313 e. The molecule has 1 unspecified atom stereocenters. The highest BCUT2D eigenvalue weighted by atomic mass is 79.9. The second-order valence-electron chi connectivity index (χ2n) is 4.45. The first-order chi connectivity index (χ1) is 9.51. The van der Waals surface area contributed by atoms with Gasteiger partial charge in [0.15, 0.2) is 0 Å². The molecule has 1 N–H and O–H groups in total. The molecule has 0 saturated heterocycles. The van der Waals surface area contributed by atoms with Crippen LogP contribution in [0.5, 0.6) is 0 Å². The fourth-order valence-corrected chi connectivity index (χ4v) is 2.84. The van der Waals surface area contributed by atoms with Crippen molar-refractivity contribution in [3.63, 3.8) is 0 Å². The highest BCUT2D eigenvalue weighted by Crippen LogP contribution is 2.28. The molecule has 2 aromatic carbocycles. The predicted octanol–water partition coefficient (Wildman–Crippen LogP) is 4.88. The highest BCUT2D eigenvalue weighted by molar-refractivity contribution is 9.10. The van der Waals surface area contributed by atoms with E-state index in [9.17, 15) is 8.78 Å². The van der Waals surface area contributed by atoms with Crippen molar-refractivity contribution in [2.24, 2.45) is 0 Å². The van der Waals surface area contributed by atoms with E-state index in [1.54, 1.807) is 25.2 Å². The monoisotopic (exact) mass is 359 g/mol. The van der Waals surface area contributed by atoms with Crippen molar-refractivity contribution < 1.29 is 8.78 Å². The Labute approximate surface area is 130 Å². The fraction of sp³-hybridized carbons (Fsp3) is 0.200. The molecule has 0 aliphatic heterocycles. The highest BCUT2D eigenvalue weighted by Gasteiger charge is 2.16. The van der Waals surface area contributed by atoms with Crippen LogP contribution in [-0.4, -0.2) is 7.05 Å². The van der Waals surface area contributed by atoms with E-state index < -0.39 is 0 Å². The van der Waals surface area contributed by atoms with Crippen LogP contribution in [0, 0.1) is 11.6 Å². The average molecular weight is 361 g/mol.